The van der Waals surface area contributed by atoms with Crippen molar-refractivity contribution in [1.82, 2.24) is 4.90 Å². The Morgan fingerprint density at radius 3 is 2.78 bits per heavy atom. The maximum absolute atomic E-state index is 13.0. The summed E-state index contributed by atoms with van der Waals surface area (Å²) in [6, 6.07) is 4.75. The molecule has 1 aliphatic heterocycles. The Labute approximate surface area is 106 Å². The zero-order valence-electron chi connectivity index (χ0n) is 10.7. The van der Waals surface area contributed by atoms with Crippen LogP contribution in [-0.2, 0) is 11.3 Å². The molecule has 4 heteroatoms. The number of nitrogens with zero attached hydrogens (tertiary/aromatic N) is 1. The lowest BCUT2D eigenvalue weighted by atomic mass is 9.99. The van der Waals surface area contributed by atoms with Crippen LogP contribution in [0.1, 0.15) is 18.1 Å². The average Bonchev–Trinajstić information content (AvgIpc) is 2.64. The summed E-state index contributed by atoms with van der Waals surface area (Å²) in [6.07, 6.45) is 0. The van der Waals surface area contributed by atoms with Gasteiger partial charge in [-0.15, -0.1) is 0 Å². The Balaban J connectivity index is 2.05. The van der Waals surface area contributed by atoms with E-state index in [2.05, 4.69) is 4.90 Å². The number of rotatable bonds is 3. The van der Waals surface area contributed by atoms with Crippen molar-refractivity contribution >= 4 is 5.97 Å². The molecule has 1 N–H and O–H groups in total. The SMILES string of the molecule is Cc1cc(F)ccc1CN1CC(C)C(C(=O)O)C1. The first-order valence-corrected chi connectivity index (χ1v) is 6.17. The number of carboxylic acids is 1. The number of hydrogen-bond acceptors (Lipinski definition) is 2. The summed E-state index contributed by atoms with van der Waals surface area (Å²) in [6.45, 7) is 5.91. The number of aliphatic carboxylic acids is 1. The summed E-state index contributed by atoms with van der Waals surface area (Å²) in [5, 5.41) is 9.08. The van der Waals surface area contributed by atoms with Gasteiger partial charge in [-0.1, -0.05) is 13.0 Å². The van der Waals surface area contributed by atoms with Gasteiger partial charge in [-0.05, 0) is 36.1 Å². The molecule has 3 nitrogen and oxygen atoms in total. The summed E-state index contributed by atoms with van der Waals surface area (Å²) >= 11 is 0. The largest absolute Gasteiger partial charge is 0.481 e. The fraction of sp³-hybridized carbons (Fsp3) is 0.500. The zero-order chi connectivity index (χ0) is 13.3. The van der Waals surface area contributed by atoms with E-state index in [1.165, 1.54) is 12.1 Å². The van der Waals surface area contributed by atoms with Crippen molar-refractivity contribution in [3.8, 4) is 0 Å². The van der Waals surface area contributed by atoms with Gasteiger partial charge < -0.3 is 5.11 Å². The van der Waals surface area contributed by atoms with Crippen LogP contribution in [0.3, 0.4) is 0 Å². The van der Waals surface area contributed by atoms with Crippen molar-refractivity contribution in [3.63, 3.8) is 0 Å². The fourth-order valence-corrected chi connectivity index (χ4v) is 2.60. The number of carboxylic acid groups (broad SMARTS) is 1. The molecule has 1 saturated heterocycles. The molecule has 18 heavy (non-hydrogen) atoms. The third-order valence-electron chi connectivity index (χ3n) is 3.70. The first-order chi connectivity index (χ1) is 8.47. The van der Waals surface area contributed by atoms with E-state index >= 15 is 0 Å². The molecule has 0 aromatic heterocycles. The van der Waals surface area contributed by atoms with Crippen molar-refractivity contribution in [2.45, 2.75) is 20.4 Å². The summed E-state index contributed by atoms with van der Waals surface area (Å²) in [7, 11) is 0. The molecular formula is C14H18FNO2. The van der Waals surface area contributed by atoms with Gasteiger partial charge in [0.05, 0.1) is 5.92 Å². The Morgan fingerprint density at radius 1 is 1.50 bits per heavy atom. The van der Waals surface area contributed by atoms with E-state index in [4.69, 9.17) is 5.11 Å². The Hall–Kier alpha value is -1.42. The molecule has 1 aromatic carbocycles. The number of carbonyl (C=O) groups is 1. The van der Waals surface area contributed by atoms with Crippen LogP contribution in [0.2, 0.25) is 0 Å². The molecule has 2 atom stereocenters. The minimum Gasteiger partial charge on any atom is -0.481 e. The maximum atomic E-state index is 13.0. The van der Waals surface area contributed by atoms with E-state index < -0.39 is 5.97 Å². The van der Waals surface area contributed by atoms with E-state index in [-0.39, 0.29) is 17.7 Å². The quantitative estimate of drug-likeness (QED) is 0.896. The molecule has 0 radical (unpaired) electrons. The second kappa shape index (κ2) is 5.06. The minimum atomic E-state index is -0.721. The Morgan fingerprint density at radius 2 is 2.22 bits per heavy atom. The molecule has 0 aliphatic carbocycles. The third kappa shape index (κ3) is 2.70. The third-order valence-corrected chi connectivity index (χ3v) is 3.70. The Kier molecular flexibility index (Phi) is 3.66. The smallest absolute Gasteiger partial charge is 0.308 e. The van der Waals surface area contributed by atoms with E-state index in [1.54, 1.807) is 6.07 Å². The molecule has 1 heterocycles. The minimum absolute atomic E-state index is 0.170. The van der Waals surface area contributed by atoms with Crippen molar-refractivity contribution in [2.75, 3.05) is 13.1 Å². The van der Waals surface area contributed by atoms with Gasteiger partial charge in [0.2, 0.25) is 0 Å². The first-order valence-electron chi connectivity index (χ1n) is 6.17. The van der Waals surface area contributed by atoms with Gasteiger partial charge in [-0.25, -0.2) is 4.39 Å². The lowest BCUT2D eigenvalue weighted by Gasteiger charge is -2.16. The highest BCUT2D eigenvalue weighted by molar-refractivity contribution is 5.71. The maximum Gasteiger partial charge on any atom is 0.308 e. The van der Waals surface area contributed by atoms with E-state index in [9.17, 15) is 9.18 Å². The number of hydrogen-bond donors (Lipinski definition) is 1. The Bertz CT molecular complexity index is 461. The standard InChI is InChI=1S/C14H18FNO2/c1-9-5-12(15)4-3-11(9)7-16-6-10(2)13(8-16)14(17)18/h3-5,10,13H,6-8H2,1-2H3,(H,17,18). The van der Waals surface area contributed by atoms with Crippen LogP contribution in [0.4, 0.5) is 4.39 Å². The number of benzene rings is 1. The van der Waals surface area contributed by atoms with Gasteiger partial charge in [0.1, 0.15) is 5.82 Å². The van der Waals surface area contributed by atoms with Crippen molar-refractivity contribution < 1.29 is 14.3 Å². The molecule has 2 rings (SSSR count). The van der Waals surface area contributed by atoms with Gasteiger partial charge in [0, 0.05) is 19.6 Å². The number of aryl methyl sites for hydroxylation is 1. The lowest BCUT2D eigenvalue weighted by molar-refractivity contribution is -0.142. The summed E-state index contributed by atoms with van der Waals surface area (Å²) in [5.74, 6) is -1.07. The van der Waals surface area contributed by atoms with Crippen molar-refractivity contribution in [3.05, 3.63) is 35.1 Å². The van der Waals surface area contributed by atoms with Crippen LogP contribution in [0.15, 0.2) is 18.2 Å². The second-order valence-corrected chi connectivity index (χ2v) is 5.19. The highest BCUT2D eigenvalue weighted by atomic mass is 19.1. The fourth-order valence-electron chi connectivity index (χ4n) is 2.60. The summed E-state index contributed by atoms with van der Waals surface area (Å²) in [4.78, 5) is 13.2. The topological polar surface area (TPSA) is 40.5 Å². The van der Waals surface area contributed by atoms with E-state index in [0.717, 1.165) is 17.7 Å². The molecule has 0 amide bonds. The molecule has 98 valence electrons. The van der Waals surface area contributed by atoms with Gasteiger partial charge >= 0.3 is 5.97 Å². The normalized spacial score (nSPS) is 24.4. The highest BCUT2D eigenvalue weighted by Gasteiger charge is 2.34. The van der Waals surface area contributed by atoms with Crippen LogP contribution in [0, 0.1) is 24.6 Å². The molecule has 0 spiro atoms. The molecule has 0 bridgehead atoms. The molecule has 1 aliphatic rings. The average molecular weight is 251 g/mol. The van der Waals surface area contributed by atoms with E-state index in [0.29, 0.717) is 13.1 Å². The predicted molar refractivity (Wildman–Crippen MR) is 66.7 cm³/mol. The van der Waals surface area contributed by atoms with E-state index in [1.807, 2.05) is 13.8 Å². The van der Waals surface area contributed by atoms with Gasteiger partial charge in [-0.3, -0.25) is 9.69 Å². The van der Waals surface area contributed by atoms with Crippen molar-refractivity contribution in [2.24, 2.45) is 11.8 Å². The van der Waals surface area contributed by atoms with Gasteiger partial charge in [0.15, 0.2) is 0 Å². The van der Waals surface area contributed by atoms with Crippen LogP contribution in [0.25, 0.3) is 0 Å². The van der Waals surface area contributed by atoms with Crippen LogP contribution >= 0.6 is 0 Å². The molecule has 2 unspecified atom stereocenters. The lowest BCUT2D eigenvalue weighted by Crippen LogP contribution is -2.23. The monoisotopic (exact) mass is 251 g/mol. The zero-order valence-corrected chi connectivity index (χ0v) is 10.7. The number of likely N-dealkylation sites (tertiary alicyclic amines) is 1. The van der Waals surface area contributed by atoms with Gasteiger partial charge in [0.25, 0.3) is 0 Å². The predicted octanol–water partition coefficient (Wildman–Crippen LogP) is 2.29. The van der Waals surface area contributed by atoms with Crippen LogP contribution in [0.5, 0.6) is 0 Å². The number of halogens is 1. The van der Waals surface area contributed by atoms with Crippen LogP contribution < -0.4 is 0 Å². The molecule has 1 fully saturated rings. The highest BCUT2D eigenvalue weighted by Crippen LogP contribution is 2.25. The molecular weight excluding hydrogens is 233 g/mol. The summed E-state index contributed by atoms with van der Waals surface area (Å²) in [5.41, 5.74) is 1.98. The van der Waals surface area contributed by atoms with Crippen LogP contribution in [-0.4, -0.2) is 29.1 Å². The second-order valence-electron chi connectivity index (χ2n) is 5.19. The van der Waals surface area contributed by atoms with Gasteiger partial charge in [-0.2, -0.15) is 0 Å². The molecule has 1 aromatic rings. The summed E-state index contributed by atoms with van der Waals surface area (Å²) < 4.78 is 13.0. The van der Waals surface area contributed by atoms with Crippen molar-refractivity contribution in [1.29, 1.82) is 0 Å². The molecule has 0 saturated carbocycles. The first kappa shape index (κ1) is 13.0.